The number of nitrogens with one attached hydrogen (secondary N) is 1. The Morgan fingerprint density at radius 1 is 0.727 bits per heavy atom. The number of benzene rings is 3. The second-order valence-corrected chi connectivity index (χ2v) is 4.96. The second-order valence-electron chi connectivity index (χ2n) is 4.96. The quantitative estimate of drug-likeness (QED) is 0.709. The Morgan fingerprint density at radius 3 is 2.05 bits per heavy atom. The van der Waals surface area contributed by atoms with E-state index in [4.69, 9.17) is 4.74 Å². The third-order valence-corrected chi connectivity index (χ3v) is 3.27. The van der Waals surface area contributed by atoms with E-state index in [1.165, 1.54) is 0 Å². The highest BCUT2D eigenvalue weighted by Crippen LogP contribution is 2.23. The molecule has 0 fully saturated rings. The van der Waals surface area contributed by atoms with Gasteiger partial charge in [0.25, 0.3) is 0 Å². The number of ether oxygens (including phenoxy) is 1. The summed E-state index contributed by atoms with van der Waals surface area (Å²) in [5.41, 5.74) is 2.14. The monoisotopic (exact) mass is 291 g/mol. The van der Waals surface area contributed by atoms with Gasteiger partial charge in [-0.2, -0.15) is 0 Å². The first-order valence-corrected chi connectivity index (χ1v) is 7.14. The molecule has 22 heavy (non-hydrogen) atoms. The first kappa shape index (κ1) is 14.0. The molecule has 0 amide bonds. The normalized spacial score (nSPS) is 10.2. The van der Waals surface area contributed by atoms with Crippen LogP contribution in [0.3, 0.4) is 0 Å². The van der Waals surface area contributed by atoms with Gasteiger partial charge in [0.1, 0.15) is 17.2 Å². The first-order chi connectivity index (χ1) is 10.8. The Kier molecular flexibility index (Phi) is 4.25. The Morgan fingerprint density at radius 2 is 1.36 bits per heavy atom. The highest BCUT2D eigenvalue weighted by molar-refractivity contribution is 5.47. The molecule has 3 heteroatoms. The zero-order chi connectivity index (χ0) is 15.2. The fourth-order valence-corrected chi connectivity index (χ4v) is 2.08. The Bertz CT molecular complexity index is 707. The van der Waals surface area contributed by atoms with Crippen molar-refractivity contribution in [2.75, 3.05) is 5.32 Å². The molecule has 110 valence electrons. The highest BCUT2D eigenvalue weighted by atomic mass is 16.5. The number of aromatic hydroxyl groups is 1. The molecule has 0 saturated heterocycles. The van der Waals surface area contributed by atoms with Crippen LogP contribution in [0.15, 0.2) is 78.9 Å². The van der Waals surface area contributed by atoms with Crippen LogP contribution in [0.5, 0.6) is 17.2 Å². The van der Waals surface area contributed by atoms with E-state index >= 15 is 0 Å². The van der Waals surface area contributed by atoms with Crippen LogP contribution < -0.4 is 10.1 Å². The first-order valence-electron chi connectivity index (χ1n) is 7.14. The van der Waals surface area contributed by atoms with Crippen molar-refractivity contribution in [3.05, 3.63) is 84.4 Å². The molecule has 0 aliphatic heterocycles. The largest absolute Gasteiger partial charge is 0.508 e. The third kappa shape index (κ3) is 3.79. The van der Waals surface area contributed by atoms with Crippen LogP contribution in [-0.2, 0) is 6.54 Å². The van der Waals surface area contributed by atoms with E-state index in [0.717, 1.165) is 22.7 Å². The lowest BCUT2D eigenvalue weighted by Crippen LogP contribution is -1.98. The number of phenolic OH excluding ortho intramolecular Hbond substituents is 1. The number of hydrogen-bond acceptors (Lipinski definition) is 3. The molecule has 3 nitrogen and oxygen atoms in total. The fraction of sp³-hybridized carbons (Fsp3) is 0.0526. The molecule has 0 unspecified atom stereocenters. The fourth-order valence-electron chi connectivity index (χ4n) is 2.08. The van der Waals surface area contributed by atoms with E-state index in [-0.39, 0.29) is 5.75 Å². The minimum atomic E-state index is 0.283. The van der Waals surface area contributed by atoms with Gasteiger partial charge in [0.05, 0.1) is 0 Å². The zero-order valence-electron chi connectivity index (χ0n) is 12.1. The lowest BCUT2D eigenvalue weighted by Gasteiger charge is -2.09. The lowest BCUT2D eigenvalue weighted by atomic mass is 10.2. The summed E-state index contributed by atoms with van der Waals surface area (Å²) >= 11 is 0. The molecule has 0 bridgehead atoms. The van der Waals surface area contributed by atoms with Crippen LogP contribution in [0.1, 0.15) is 5.56 Å². The van der Waals surface area contributed by atoms with E-state index < -0.39 is 0 Å². The van der Waals surface area contributed by atoms with Gasteiger partial charge in [-0.3, -0.25) is 0 Å². The van der Waals surface area contributed by atoms with Crippen LogP contribution >= 0.6 is 0 Å². The van der Waals surface area contributed by atoms with Crippen LogP contribution in [0.4, 0.5) is 5.69 Å². The average Bonchev–Trinajstić information content (AvgIpc) is 2.57. The third-order valence-electron chi connectivity index (χ3n) is 3.27. The van der Waals surface area contributed by atoms with Gasteiger partial charge in [-0.25, -0.2) is 0 Å². The Hall–Kier alpha value is -2.94. The number of anilines is 1. The van der Waals surface area contributed by atoms with Crippen molar-refractivity contribution in [1.82, 2.24) is 0 Å². The molecule has 2 N–H and O–H groups in total. The van der Waals surface area contributed by atoms with E-state index in [2.05, 4.69) is 5.32 Å². The summed E-state index contributed by atoms with van der Waals surface area (Å²) in [6.45, 7) is 0.708. The summed E-state index contributed by atoms with van der Waals surface area (Å²) in [5.74, 6) is 1.92. The van der Waals surface area contributed by atoms with Crippen LogP contribution in [0, 0.1) is 0 Å². The predicted molar refractivity (Wildman–Crippen MR) is 88.4 cm³/mol. The molecule has 0 spiro atoms. The van der Waals surface area contributed by atoms with E-state index in [1.807, 2.05) is 66.7 Å². The summed E-state index contributed by atoms with van der Waals surface area (Å²) in [7, 11) is 0. The molecule has 0 atom stereocenters. The average molecular weight is 291 g/mol. The summed E-state index contributed by atoms with van der Waals surface area (Å²) in [5, 5.41) is 12.6. The minimum absolute atomic E-state index is 0.283. The van der Waals surface area contributed by atoms with Gasteiger partial charge in [-0.15, -0.1) is 0 Å². The molecule has 0 aliphatic carbocycles. The number of para-hydroxylation sites is 1. The van der Waals surface area contributed by atoms with Gasteiger partial charge in [0, 0.05) is 12.2 Å². The van der Waals surface area contributed by atoms with Gasteiger partial charge >= 0.3 is 0 Å². The van der Waals surface area contributed by atoms with Crippen molar-refractivity contribution in [2.45, 2.75) is 6.54 Å². The standard InChI is InChI=1S/C19H17NO2/c21-17-10-6-15(7-11-17)14-20-16-8-12-19(13-9-16)22-18-4-2-1-3-5-18/h1-13,20-21H,14H2. The van der Waals surface area contributed by atoms with Gasteiger partial charge in [0.15, 0.2) is 0 Å². The Balaban J connectivity index is 1.58. The van der Waals surface area contributed by atoms with Gasteiger partial charge in [-0.05, 0) is 54.1 Å². The number of phenols is 1. The zero-order valence-corrected chi connectivity index (χ0v) is 12.1. The van der Waals surface area contributed by atoms with Crippen molar-refractivity contribution in [3.63, 3.8) is 0 Å². The van der Waals surface area contributed by atoms with Gasteiger partial charge in [0.2, 0.25) is 0 Å². The molecular weight excluding hydrogens is 274 g/mol. The lowest BCUT2D eigenvalue weighted by molar-refractivity contribution is 0.475. The second kappa shape index (κ2) is 6.68. The summed E-state index contributed by atoms with van der Waals surface area (Å²) < 4.78 is 5.75. The van der Waals surface area contributed by atoms with E-state index in [0.29, 0.717) is 6.54 Å². The molecule has 3 rings (SSSR count). The number of rotatable bonds is 5. The molecule has 0 saturated carbocycles. The van der Waals surface area contributed by atoms with Crippen LogP contribution in [-0.4, -0.2) is 5.11 Å². The van der Waals surface area contributed by atoms with Crippen molar-refractivity contribution in [2.24, 2.45) is 0 Å². The molecule has 0 heterocycles. The Labute approximate surface area is 129 Å². The topological polar surface area (TPSA) is 41.5 Å². The molecule has 0 aromatic heterocycles. The van der Waals surface area contributed by atoms with Gasteiger partial charge in [-0.1, -0.05) is 30.3 Å². The maximum absolute atomic E-state index is 9.26. The van der Waals surface area contributed by atoms with E-state index in [9.17, 15) is 5.11 Å². The molecule has 0 radical (unpaired) electrons. The van der Waals surface area contributed by atoms with Crippen molar-refractivity contribution >= 4 is 5.69 Å². The minimum Gasteiger partial charge on any atom is -0.508 e. The highest BCUT2D eigenvalue weighted by Gasteiger charge is 1.98. The van der Waals surface area contributed by atoms with Gasteiger partial charge < -0.3 is 15.2 Å². The number of hydrogen-bond donors (Lipinski definition) is 2. The molecule has 0 aliphatic rings. The summed E-state index contributed by atoms with van der Waals surface area (Å²) in [4.78, 5) is 0. The van der Waals surface area contributed by atoms with Crippen LogP contribution in [0.2, 0.25) is 0 Å². The van der Waals surface area contributed by atoms with E-state index in [1.54, 1.807) is 12.1 Å². The molecular formula is C19H17NO2. The smallest absolute Gasteiger partial charge is 0.127 e. The maximum Gasteiger partial charge on any atom is 0.127 e. The van der Waals surface area contributed by atoms with Crippen LogP contribution in [0.25, 0.3) is 0 Å². The summed E-state index contributed by atoms with van der Waals surface area (Å²) in [6, 6.07) is 24.7. The maximum atomic E-state index is 9.26. The summed E-state index contributed by atoms with van der Waals surface area (Å²) in [6.07, 6.45) is 0. The van der Waals surface area contributed by atoms with Crippen molar-refractivity contribution < 1.29 is 9.84 Å². The SMILES string of the molecule is Oc1ccc(CNc2ccc(Oc3ccccc3)cc2)cc1. The van der Waals surface area contributed by atoms with Crippen molar-refractivity contribution in [1.29, 1.82) is 0 Å². The van der Waals surface area contributed by atoms with Crippen molar-refractivity contribution in [3.8, 4) is 17.2 Å². The molecule has 3 aromatic carbocycles. The predicted octanol–water partition coefficient (Wildman–Crippen LogP) is 4.80. The molecule has 3 aromatic rings.